The van der Waals surface area contributed by atoms with Crippen molar-refractivity contribution in [1.82, 2.24) is 0 Å². The van der Waals surface area contributed by atoms with Gasteiger partial charge in [-0.15, -0.1) is 0 Å². The topological polar surface area (TPSA) is 32.3 Å². The van der Waals surface area contributed by atoms with Crippen molar-refractivity contribution in [3.05, 3.63) is 17.9 Å². The molecule has 0 heterocycles. The largest absolute Gasteiger partial charge is 0.871 e. The number of hydrogen-bond donors (Lipinski definition) is 0. The highest BCUT2D eigenvalue weighted by Gasteiger charge is 2.20. The first-order chi connectivity index (χ1) is 7.15. The molecule has 0 aliphatic rings. The van der Waals surface area contributed by atoms with Crippen LogP contribution in [0.5, 0.6) is 11.5 Å². The van der Waals surface area contributed by atoms with Gasteiger partial charge in [-0.1, -0.05) is 37.6 Å². The molecule has 0 amide bonds. The Morgan fingerprint density at radius 3 is 1.56 bits per heavy atom. The lowest BCUT2D eigenvalue weighted by Gasteiger charge is -2.26. The zero-order valence-electron chi connectivity index (χ0n) is 8.83. The van der Waals surface area contributed by atoms with Crippen molar-refractivity contribution >= 4 is 63.7 Å². The summed E-state index contributed by atoms with van der Waals surface area (Å²) in [5.74, 6) is 0.478. The molecule has 6 heteroatoms. The Kier molecular flexibility index (Phi) is 4.77. The number of benzene rings is 1. The Morgan fingerprint density at radius 1 is 0.875 bits per heavy atom. The van der Waals surface area contributed by atoms with Crippen molar-refractivity contribution in [3.8, 4) is 11.5 Å². The molecule has 0 aliphatic carbocycles. The lowest BCUT2D eigenvalue weighted by atomic mass is 10.2. The molecule has 1 rings (SSSR count). The minimum absolute atomic E-state index is 0.125. The summed E-state index contributed by atoms with van der Waals surface area (Å²) in [6.07, 6.45) is 0. The second-order valence-corrected chi connectivity index (χ2v) is 7.30. The molecule has 2 nitrogen and oxygen atoms in total. The molecular weight excluding hydrogens is 472 g/mol. The van der Waals surface area contributed by atoms with Crippen LogP contribution in [0.25, 0.3) is 0 Å². The molecule has 0 N–H and O–H groups in total. The van der Waals surface area contributed by atoms with Gasteiger partial charge < -0.3 is 9.84 Å². The first-order valence-electron chi connectivity index (χ1n) is 4.37. The van der Waals surface area contributed by atoms with Crippen molar-refractivity contribution in [2.45, 2.75) is 26.4 Å². The molecule has 0 saturated carbocycles. The third kappa shape index (κ3) is 3.15. The van der Waals surface area contributed by atoms with Gasteiger partial charge in [0.1, 0.15) is 5.60 Å². The normalized spacial score (nSPS) is 11.7. The third-order valence-corrected chi connectivity index (χ3v) is 5.68. The van der Waals surface area contributed by atoms with Gasteiger partial charge in [-0.05, 0) is 52.6 Å². The Labute approximate surface area is 128 Å². The number of hydrogen-bond acceptors (Lipinski definition) is 2. The van der Waals surface area contributed by atoms with Gasteiger partial charge in [0.05, 0.1) is 8.95 Å². The van der Waals surface area contributed by atoms with Gasteiger partial charge in [0.2, 0.25) is 0 Å². The van der Waals surface area contributed by atoms with Crippen LogP contribution < -0.4 is 9.84 Å². The minimum Gasteiger partial charge on any atom is -0.871 e. The molecule has 0 saturated heterocycles. The van der Waals surface area contributed by atoms with Gasteiger partial charge in [-0.3, -0.25) is 0 Å². The molecule has 0 spiro atoms. The van der Waals surface area contributed by atoms with Crippen LogP contribution in [0.3, 0.4) is 0 Å². The molecule has 0 radical (unpaired) electrons. The summed E-state index contributed by atoms with van der Waals surface area (Å²) < 4.78 is 7.91. The summed E-state index contributed by atoms with van der Waals surface area (Å²) in [5.41, 5.74) is -0.339. The van der Waals surface area contributed by atoms with Crippen molar-refractivity contribution in [3.63, 3.8) is 0 Å². The molecule has 0 aliphatic heterocycles. The molecule has 16 heavy (non-hydrogen) atoms. The zero-order valence-corrected chi connectivity index (χ0v) is 15.2. The smallest absolute Gasteiger partial charge is 0.150 e. The maximum atomic E-state index is 11.7. The van der Waals surface area contributed by atoms with Crippen LogP contribution in [-0.2, 0) is 0 Å². The average molecular weight is 481 g/mol. The van der Waals surface area contributed by atoms with Crippen LogP contribution in [0.15, 0.2) is 17.9 Å². The standard InChI is InChI=1S/C10H10Br4O2/c1-10(2,3)16-9-6(13)4(11)8(15)5(12)7(9)14/h15H,1-3H3/p-1. The molecule has 0 fully saturated rings. The second kappa shape index (κ2) is 5.16. The van der Waals surface area contributed by atoms with Gasteiger partial charge >= 0.3 is 0 Å². The average Bonchev–Trinajstić information content (AvgIpc) is 2.17. The van der Waals surface area contributed by atoms with Crippen LogP contribution in [0.2, 0.25) is 0 Å². The van der Waals surface area contributed by atoms with E-state index in [-0.39, 0.29) is 11.4 Å². The predicted molar refractivity (Wildman–Crippen MR) is 77.1 cm³/mol. The summed E-state index contributed by atoms with van der Waals surface area (Å²) in [7, 11) is 0. The number of halogens is 4. The monoisotopic (exact) mass is 477 g/mol. The molecule has 0 unspecified atom stereocenters. The Balaban J connectivity index is 3.40. The number of rotatable bonds is 1. The van der Waals surface area contributed by atoms with E-state index in [1.807, 2.05) is 20.8 Å². The highest BCUT2D eigenvalue weighted by atomic mass is 79.9. The minimum atomic E-state index is -0.339. The van der Waals surface area contributed by atoms with Crippen LogP contribution in [-0.4, -0.2) is 5.60 Å². The zero-order chi connectivity index (χ0) is 12.7. The maximum absolute atomic E-state index is 11.7. The van der Waals surface area contributed by atoms with E-state index < -0.39 is 0 Å². The van der Waals surface area contributed by atoms with E-state index in [0.29, 0.717) is 23.6 Å². The molecule has 0 aromatic heterocycles. The van der Waals surface area contributed by atoms with E-state index in [1.54, 1.807) is 0 Å². The highest BCUT2D eigenvalue weighted by molar-refractivity contribution is 9.14. The van der Waals surface area contributed by atoms with Gasteiger partial charge in [0.25, 0.3) is 0 Å². The van der Waals surface area contributed by atoms with E-state index in [4.69, 9.17) is 4.74 Å². The van der Waals surface area contributed by atoms with Crippen LogP contribution in [0, 0.1) is 0 Å². The molecule has 90 valence electrons. The molecule has 1 aromatic rings. The summed E-state index contributed by atoms with van der Waals surface area (Å²) in [6, 6.07) is 0. The highest BCUT2D eigenvalue weighted by Crippen LogP contribution is 2.49. The lowest BCUT2D eigenvalue weighted by molar-refractivity contribution is -0.270. The third-order valence-electron chi connectivity index (χ3n) is 1.59. The van der Waals surface area contributed by atoms with E-state index in [0.717, 1.165) is 0 Å². The predicted octanol–water partition coefficient (Wildman–Crippen LogP) is 4.99. The fraction of sp³-hybridized carbons (Fsp3) is 0.400. The maximum Gasteiger partial charge on any atom is 0.150 e. The van der Waals surface area contributed by atoms with E-state index in [2.05, 4.69) is 63.7 Å². The van der Waals surface area contributed by atoms with Crippen LogP contribution in [0.1, 0.15) is 20.8 Å². The first-order valence-corrected chi connectivity index (χ1v) is 7.54. The van der Waals surface area contributed by atoms with Gasteiger partial charge in [-0.25, -0.2) is 0 Å². The van der Waals surface area contributed by atoms with Crippen molar-refractivity contribution in [1.29, 1.82) is 0 Å². The summed E-state index contributed by atoms with van der Waals surface area (Å²) in [5, 5.41) is 11.7. The first kappa shape index (κ1) is 14.8. The quantitative estimate of drug-likeness (QED) is 0.531. The Morgan fingerprint density at radius 2 is 1.25 bits per heavy atom. The van der Waals surface area contributed by atoms with E-state index in [1.165, 1.54) is 0 Å². The molecule has 0 atom stereocenters. The summed E-state index contributed by atoms with van der Waals surface area (Å²) in [6.45, 7) is 5.83. The van der Waals surface area contributed by atoms with Gasteiger partial charge in [-0.2, -0.15) is 0 Å². The van der Waals surface area contributed by atoms with Crippen molar-refractivity contribution < 1.29 is 9.84 Å². The van der Waals surface area contributed by atoms with Crippen molar-refractivity contribution in [2.75, 3.05) is 0 Å². The van der Waals surface area contributed by atoms with E-state index in [9.17, 15) is 5.11 Å². The molecular formula is C10H9Br4O2-. The summed E-state index contributed by atoms with van der Waals surface area (Å²) in [4.78, 5) is 0. The summed E-state index contributed by atoms with van der Waals surface area (Å²) >= 11 is 13.2. The van der Waals surface area contributed by atoms with Gasteiger partial charge in [0, 0.05) is 8.95 Å². The van der Waals surface area contributed by atoms with E-state index >= 15 is 0 Å². The fourth-order valence-corrected chi connectivity index (χ4v) is 3.19. The molecule has 1 aromatic carbocycles. The Hall–Kier alpha value is 0.740. The van der Waals surface area contributed by atoms with Gasteiger partial charge in [0.15, 0.2) is 5.75 Å². The number of ether oxygens (including phenoxy) is 1. The lowest BCUT2D eigenvalue weighted by Crippen LogP contribution is -2.23. The fourth-order valence-electron chi connectivity index (χ4n) is 0.987. The molecule has 0 bridgehead atoms. The Bertz CT molecular complexity index is 395. The second-order valence-electron chi connectivity index (χ2n) is 4.13. The van der Waals surface area contributed by atoms with Crippen LogP contribution in [0.4, 0.5) is 0 Å². The van der Waals surface area contributed by atoms with Crippen molar-refractivity contribution in [2.24, 2.45) is 0 Å². The van der Waals surface area contributed by atoms with Crippen LogP contribution >= 0.6 is 63.7 Å². The SMILES string of the molecule is CC(C)(C)Oc1c(Br)c(Br)c([O-])c(Br)c1Br.